The van der Waals surface area contributed by atoms with Crippen LogP contribution >= 0.6 is 0 Å². The Hall–Kier alpha value is -2.08. The number of aliphatic hydroxyl groups is 1. The Bertz CT molecular complexity index is 1310. The van der Waals surface area contributed by atoms with Crippen molar-refractivity contribution in [3.8, 4) is 11.5 Å². The topological polar surface area (TPSA) is 90.0 Å². The molecule has 8 rings (SSSR count). The van der Waals surface area contributed by atoms with Crippen LogP contribution in [-0.4, -0.2) is 51.0 Å². The molecule has 42 heavy (non-hydrogen) atoms. The van der Waals surface area contributed by atoms with Crippen molar-refractivity contribution in [2.45, 2.75) is 132 Å². The highest BCUT2D eigenvalue weighted by atomic mass is 16.3. The van der Waals surface area contributed by atoms with E-state index in [1.165, 1.54) is 80.2 Å². The lowest BCUT2D eigenvalue weighted by molar-refractivity contribution is -0.169. The molecule has 0 radical (unpaired) electrons. The fourth-order valence-electron chi connectivity index (χ4n) is 10.4. The first-order chi connectivity index (χ1) is 20.2. The van der Waals surface area contributed by atoms with Gasteiger partial charge in [-0.25, -0.2) is 0 Å². The molecule has 2 aromatic rings. The van der Waals surface area contributed by atoms with Crippen molar-refractivity contribution in [2.75, 3.05) is 13.1 Å². The van der Waals surface area contributed by atoms with Crippen LogP contribution in [0.2, 0.25) is 0 Å². The Morgan fingerprint density at radius 1 is 0.786 bits per heavy atom. The summed E-state index contributed by atoms with van der Waals surface area (Å²) in [4.78, 5) is 2.63. The molecule has 1 heterocycles. The van der Waals surface area contributed by atoms with Crippen molar-refractivity contribution >= 4 is 0 Å². The lowest BCUT2D eigenvalue weighted by Gasteiger charge is -2.64. The molecule has 0 aromatic heterocycles. The van der Waals surface area contributed by atoms with Crippen LogP contribution in [0.3, 0.4) is 0 Å². The van der Waals surface area contributed by atoms with E-state index in [9.17, 15) is 15.3 Å². The van der Waals surface area contributed by atoms with Crippen molar-refractivity contribution in [3.05, 3.63) is 58.7 Å². The van der Waals surface area contributed by atoms with Gasteiger partial charge < -0.3 is 21.1 Å². The maximum Gasteiger partial charge on any atom is 0.115 e. The summed E-state index contributed by atoms with van der Waals surface area (Å²) in [5.74, 6) is 2.20. The van der Waals surface area contributed by atoms with Crippen LogP contribution in [0.4, 0.5) is 0 Å². The second kappa shape index (κ2) is 10.8. The molecule has 4 fully saturated rings. The predicted octanol–water partition coefficient (Wildman–Crippen LogP) is 6.48. The molecule has 0 unspecified atom stereocenters. The Morgan fingerprint density at radius 3 is 2.21 bits per heavy atom. The van der Waals surface area contributed by atoms with Crippen LogP contribution < -0.4 is 5.73 Å². The molecule has 6 atom stereocenters. The standard InChI is InChI=1S/C21H29NO2.C16H23NO/c23-17-7-6-16-12-19-21(24)9-2-1-8-20(21,18(16)13-17)10-11-22(19)14-15-4-3-5-15;1-16-8-4-2-3-5-12(15(16)17)9-11-6-7-13(18)10-14(11)16/h6-7,13,15,19,23-24H,1-5,8-12,14H2;6-7,10,12,15,18H,2-5,8-9,17H2,1H3/t19-,20+,21-;12-,15-,16+/m10/s1. The van der Waals surface area contributed by atoms with Gasteiger partial charge in [0.15, 0.2) is 0 Å². The average molecular weight is 573 g/mol. The maximum absolute atomic E-state index is 11.9. The Kier molecular flexibility index (Phi) is 7.39. The average Bonchev–Trinajstić information content (AvgIpc) is 2.95. The normalized spacial score (nSPS) is 37.5. The minimum atomic E-state index is -0.603. The summed E-state index contributed by atoms with van der Waals surface area (Å²) in [5, 5.41) is 31.8. The van der Waals surface area contributed by atoms with Gasteiger partial charge in [-0.05, 0) is 123 Å². The largest absolute Gasteiger partial charge is 0.508 e. The molecule has 4 bridgehead atoms. The van der Waals surface area contributed by atoms with Gasteiger partial charge in [0.1, 0.15) is 11.5 Å². The molecule has 6 aliphatic rings. The van der Waals surface area contributed by atoms with E-state index in [2.05, 4.69) is 24.0 Å². The molecule has 5 nitrogen and oxygen atoms in total. The van der Waals surface area contributed by atoms with E-state index in [0.29, 0.717) is 17.4 Å². The van der Waals surface area contributed by atoms with Crippen molar-refractivity contribution in [1.82, 2.24) is 4.90 Å². The zero-order chi connectivity index (χ0) is 29.1. The molecule has 228 valence electrons. The second-order valence-corrected chi connectivity index (χ2v) is 15.2. The smallest absolute Gasteiger partial charge is 0.115 e. The Balaban J connectivity index is 0.000000143. The highest BCUT2D eigenvalue weighted by Crippen LogP contribution is 2.58. The SMILES string of the molecule is C[C@@]12CCCCC[C@@H](Cc3ccc(O)cc31)[C@@H]2N.Oc1ccc2c(c1)[C@@]13CCCC[C@@]1(O)[C@@H](C2)N(CC1CCC1)CC3. The first-order valence-electron chi connectivity index (χ1n) is 17.1. The molecular weight excluding hydrogens is 520 g/mol. The molecule has 0 amide bonds. The van der Waals surface area contributed by atoms with Gasteiger partial charge in [0.25, 0.3) is 0 Å². The molecule has 5 N–H and O–H groups in total. The van der Waals surface area contributed by atoms with E-state index in [1.54, 1.807) is 0 Å². The minimum Gasteiger partial charge on any atom is -0.508 e. The summed E-state index contributed by atoms with van der Waals surface area (Å²) < 4.78 is 0. The Labute approximate surface area is 252 Å². The molecule has 5 aliphatic carbocycles. The lowest BCUT2D eigenvalue weighted by atomic mass is 9.49. The first kappa shape index (κ1) is 28.7. The highest BCUT2D eigenvalue weighted by molar-refractivity contribution is 5.48. The second-order valence-electron chi connectivity index (χ2n) is 15.2. The van der Waals surface area contributed by atoms with E-state index < -0.39 is 5.60 Å². The summed E-state index contributed by atoms with van der Waals surface area (Å²) in [6.07, 6.45) is 17.9. The van der Waals surface area contributed by atoms with E-state index in [4.69, 9.17) is 5.73 Å². The maximum atomic E-state index is 11.9. The highest BCUT2D eigenvalue weighted by Gasteiger charge is 2.63. The van der Waals surface area contributed by atoms with Crippen LogP contribution in [0, 0.1) is 11.8 Å². The van der Waals surface area contributed by atoms with Crippen LogP contribution in [0.5, 0.6) is 11.5 Å². The summed E-state index contributed by atoms with van der Waals surface area (Å²) in [7, 11) is 0. The van der Waals surface area contributed by atoms with E-state index in [1.807, 2.05) is 24.3 Å². The van der Waals surface area contributed by atoms with Gasteiger partial charge in [0, 0.05) is 29.5 Å². The molecule has 2 aromatic carbocycles. The third-order valence-electron chi connectivity index (χ3n) is 13.0. The lowest BCUT2D eigenvalue weighted by Crippen LogP contribution is -2.72. The number of aromatic hydroxyl groups is 2. The predicted molar refractivity (Wildman–Crippen MR) is 168 cm³/mol. The van der Waals surface area contributed by atoms with Crippen molar-refractivity contribution in [1.29, 1.82) is 0 Å². The molecular formula is C37H52N2O3. The number of fused-ring (bicyclic) bond motifs is 5. The first-order valence-corrected chi connectivity index (χ1v) is 17.1. The van der Waals surface area contributed by atoms with Crippen molar-refractivity contribution in [3.63, 3.8) is 0 Å². The number of benzene rings is 2. The molecule has 5 heteroatoms. The van der Waals surface area contributed by atoms with Gasteiger partial charge in [-0.3, -0.25) is 4.90 Å². The third-order valence-corrected chi connectivity index (χ3v) is 13.0. The molecule has 3 saturated carbocycles. The molecule has 1 saturated heterocycles. The van der Waals surface area contributed by atoms with Gasteiger partial charge in [-0.1, -0.05) is 57.6 Å². The van der Waals surface area contributed by atoms with Gasteiger partial charge in [-0.15, -0.1) is 0 Å². The number of likely N-dealkylation sites (tertiary alicyclic amines) is 1. The van der Waals surface area contributed by atoms with Gasteiger partial charge in [0.2, 0.25) is 0 Å². The van der Waals surface area contributed by atoms with Gasteiger partial charge in [0.05, 0.1) is 5.60 Å². The monoisotopic (exact) mass is 572 g/mol. The van der Waals surface area contributed by atoms with Crippen molar-refractivity contribution < 1.29 is 15.3 Å². The number of nitrogens with zero attached hydrogens (tertiary/aromatic N) is 1. The van der Waals surface area contributed by atoms with Crippen LogP contribution in [0.1, 0.15) is 113 Å². The zero-order valence-corrected chi connectivity index (χ0v) is 25.7. The van der Waals surface area contributed by atoms with Crippen LogP contribution in [0.25, 0.3) is 0 Å². The van der Waals surface area contributed by atoms with Crippen LogP contribution in [0.15, 0.2) is 36.4 Å². The molecule has 0 spiro atoms. The fourth-order valence-corrected chi connectivity index (χ4v) is 10.4. The van der Waals surface area contributed by atoms with Gasteiger partial charge in [-0.2, -0.15) is 0 Å². The number of phenols is 2. The minimum absolute atomic E-state index is 0.0530. The van der Waals surface area contributed by atoms with Crippen molar-refractivity contribution in [2.24, 2.45) is 17.6 Å². The quantitative estimate of drug-likeness (QED) is 0.331. The van der Waals surface area contributed by atoms with E-state index in [0.717, 1.165) is 57.4 Å². The summed E-state index contributed by atoms with van der Waals surface area (Å²) in [5.41, 5.74) is 11.2. The number of rotatable bonds is 2. The zero-order valence-electron chi connectivity index (χ0n) is 25.7. The van der Waals surface area contributed by atoms with Gasteiger partial charge >= 0.3 is 0 Å². The number of nitrogens with two attached hydrogens (primary N) is 1. The number of piperidine rings is 1. The summed E-state index contributed by atoms with van der Waals surface area (Å²) in [6.45, 7) is 4.59. The number of hydrogen-bond acceptors (Lipinski definition) is 5. The van der Waals surface area contributed by atoms with Crippen LogP contribution in [-0.2, 0) is 23.7 Å². The van der Waals surface area contributed by atoms with E-state index >= 15 is 0 Å². The van der Waals surface area contributed by atoms with E-state index in [-0.39, 0.29) is 22.9 Å². The number of hydrogen-bond donors (Lipinski definition) is 4. The Morgan fingerprint density at radius 2 is 1.48 bits per heavy atom. The summed E-state index contributed by atoms with van der Waals surface area (Å²) in [6, 6.07) is 12.3. The third kappa shape index (κ3) is 4.52. The fraction of sp³-hybridized carbons (Fsp3) is 0.676. The number of phenolic OH excluding ortho intramolecular Hbond substituents is 2. The summed E-state index contributed by atoms with van der Waals surface area (Å²) >= 11 is 0. The molecule has 1 aliphatic heterocycles.